The van der Waals surface area contributed by atoms with Gasteiger partial charge in [0.15, 0.2) is 0 Å². The van der Waals surface area contributed by atoms with Gasteiger partial charge in [-0.25, -0.2) is 4.79 Å². The SMILES string of the molecule is CC1C=NCC(N(Cc2ccc(C(=O)NNC(=O)C(F)(F)F)cc2)C(=O)N2CCOCC2)C1. The third-order valence-corrected chi connectivity index (χ3v) is 5.40. The van der Waals surface area contributed by atoms with E-state index < -0.39 is 18.0 Å². The smallest absolute Gasteiger partial charge is 0.378 e. The molecule has 12 heteroatoms. The van der Waals surface area contributed by atoms with E-state index in [-0.39, 0.29) is 30.1 Å². The largest absolute Gasteiger partial charge is 0.472 e. The van der Waals surface area contributed by atoms with Crippen molar-refractivity contribution in [2.24, 2.45) is 10.9 Å². The first kappa shape index (κ1) is 24.5. The summed E-state index contributed by atoms with van der Waals surface area (Å²) in [5.74, 6) is -2.92. The molecule has 4 amide bonds. The van der Waals surface area contributed by atoms with Gasteiger partial charge in [0.25, 0.3) is 5.91 Å². The number of amides is 4. The number of alkyl halides is 3. The van der Waals surface area contributed by atoms with Gasteiger partial charge in [-0.1, -0.05) is 19.1 Å². The number of morpholine rings is 1. The van der Waals surface area contributed by atoms with Crippen LogP contribution in [0.1, 0.15) is 29.3 Å². The summed E-state index contributed by atoms with van der Waals surface area (Å²) < 4.78 is 42.1. The highest BCUT2D eigenvalue weighted by atomic mass is 19.4. The van der Waals surface area contributed by atoms with Crippen LogP contribution in [-0.4, -0.2) is 78.9 Å². The number of rotatable bonds is 4. The number of hydrogen-bond donors (Lipinski definition) is 2. The number of nitrogens with zero attached hydrogens (tertiary/aromatic N) is 3. The van der Waals surface area contributed by atoms with Crippen LogP contribution in [0, 0.1) is 5.92 Å². The number of hydrogen-bond acceptors (Lipinski definition) is 5. The normalized spacial score (nSPS) is 20.8. The minimum atomic E-state index is -5.10. The Bertz CT molecular complexity index is 885. The molecule has 0 spiro atoms. The van der Waals surface area contributed by atoms with Crippen LogP contribution in [0.15, 0.2) is 29.3 Å². The molecule has 1 aromatic carbocycles. The van der Waals surface area contributed by atoms with Gasteiger partial charge < -0.3 is 14.5 Å². The van der Waals surface area contributed by atoms with Crippen LogP contribution in [0.4, 0.5) is 18.0 Å². The van der Waals surface area contributed by atoms with Gasteiger partial charge in [0.05, 0.1) is 25.8 Å². The van der Waals surface area contributed by atoms with Crippen LogP contribution < -0.4 is 10.9 Å². The van der Waals surface area contributed by atoms with Crippen molar-refractivity contribution in [3.05, 3.63) is 35.4 Å². The standard InChI is InChI=1S/C21H26F3N5O4/c1-14-10-17(12-25-11-14)29(20(32)28-6-8-33-9-7-28)13-15-2-4-16(5-3-15)18(30)26-27-19(31)21(22,23)24/h2-5,11,14,17H,6-10,12-13H2,1H3,(H,26,30)(H,27,31). The van der Waals surface area contributed by atoms with Gasteiger partial charge in [0, 0.05) is 31.4 Å². The van der Waals surface area contributed by atoms with Gasteiger partial charge >= 0.3 is 18.1 Å². The molecular weight excluding hydrogens is 443 g/mol. The van der Waals surface area contributed by atoms with Gasteiger partial charge in [-0.3, -0.25) is 25.4 Å². The quantitative estimate of drug-likeness (QED) is 0.656. The van der Waals surface area contributed by atoms with E-state index in [1.807, 2.05) is 13.1 Å². The first-order valence-corrected chi connectivity index (χ1v) is 10.5. The Balaban J connectivity index is 1.68. The molecule has 0 bridgehead atoms. The zero-order chi connectivity index (χ0) is 24.0. The Morgan fingerprint density at radius 1 is 1.15 bits per heavy atom. The lowest BCUT2D eigenvalue weighted by atomic mass is 9.98. The van der Waals surface area contributed by atoms with Gasteiger partial charge in [-0.2, -0.15) is 13.2 Å². The predicted octanol–water partition coefficient (Wildman–Crippen LogP) is 1.74. The molecule has 0 aliphatic carbocycles. The number of carbonyl (C=O) groups excluding carboxylic acids is 3. The number of aliphatic imine (C=N–C) groups is 1. The summed E-state index contributed by atoms with van der Waals surface area (Å²) in [6.45, 7) is 4.79. The zero-order valence-corrected chi connectivity index (χ0v) is 18.1. The summed E-state index contributed by atoms with van der Waals surface area (Å²) >= 11 is 0. The number of nitrogens with one attached hydrogen (secondary N) is 2. The summed E-state index contributed by atoms with van der Waals surface area (Å²) in [6, 6.07) is 5.89. The van der Waals surface area contributed by atoms with Crippen molar-refractivity contribution < 1.29 is 32.3 Å². The average Bonchev–Trinajstić information content (AvgIpc) is 2.80. The van der Waals surface area contributed by atoms with Gasteiger partial charge in [-0.05, 0) is 30.0 Å². The Kier molecular flexibility index (Phi) is 7.90. The Morgan fingerprint density at radius 2 is 1.82 bits per heavy atom. The number of ether oxygens (including phenoxy) is 1. The average molecular weight is 469 g/mol. The third-order valence-electron chi connectivity index (χ3n) is 5.40. The Labute approximate surface area is 188 Å². The molecule has 1 fully saturated rings. The topological polar surface area (TPSA) is 103 Å². The molecule has 3 rings (SSSR count). The highest BCUT2D eigenvalue weighted by Crippen LogP contribution is 2.21. The monoisotopic (exact) mass is 469 g/mol. The summed E-state index contributed by atoms with van der Waals surface area (Å²) in [5.41, 5.74) is 3.85. The molecular formula is C21H26F3N5O4. The molecule has 2 atom stereocenters. The lowest BCUT2D eigenvalue weighted by molar-refractivity contribution is -0.174. The first-order valence-electron chi connectivity index (χ1n) is 10.5. The van der Waals surface area contributed by atoms with Gasteiger partial charge in [0.1, 0.15) is 0 Å². The molecule has 0 saturated carbocycles. The minimum Gasteiger partial charge on any atom is -0.378 e. The molecule has 1 aromatic rings. The van der Waals surface area contributed by atoms with E-state index in [4.69, 9.17) is 4.74 Å². The van der Waals surface area contributed by atoms with Crippen molar-refractivity contribution >= 4 is 24.1 Å². The maximum absolute atomic E-state index is 13.3. The minimum absolute atomic E-state index is 0.0585. The van der Waals surface area contributed by atoms with Crippen molar-refractivity contribution in [3.63, 3.8) is 0 Å². The third kappa shape index (κ3) is 6.67. The molecule has 9 nitrogen and oxygen atoms in total. The molecule has 2 aliphatic heterocycles. The van der Waals surface area contributed by atoms with E-state index in [0.29, 0.717) is 32.8 Å². The van der Waals surface area contributed by atoms with Crippen LogP contribution in [-0.2, 0) is 16.1 Å². The summed E-state index contributed by atoms with van der Waals surface area (Å²) in [7, 11) is 0. The van der Waals surface area contributed by atoms with Crippen LogP contribution >= 0.6 is 0 Å². The number of halogens is 3. The molecule has 0 radical (unpaired) electrons. The van der Waals surface area contributed by atoms with E-state index in [1.165, 1.54) is 17.6 Å². The molecule has 180 valence electrons. The number of hydrazine groups is 1. The molecule has 2 aliphatic rings. The Hall–Kier alpha value is -3.15. The van der Waals surface area contributed by atoms with Gasteiger partial charge in [-0.15, -0.1) is 0 Å². The number of urea groups is 1. The second-order valence-corrected chi connectivity index (χ2v) is 7.99. The van der Waals surface area contributed by atoms with Crippen molar-refractivity contribution in [3.8, 4) is 0 Å². The summed E-state index contributed by atoms with van der Waals surface area (Å²) in [5, 5.41) is 0. The lowest BCUT2D eigenvalue weighted by Crippen LogP contribution is -2.52. The maximum atomic E-state index is 13.3. The van der Waals surface area contributed by atoms with Crippen LogP contribution in [0.5, 0.6) is 0 Å². The molecule has 2 heterocycles. The fraction of sp³-hybridized carbons (Fsp3) is 0.524. The lowest BCUT2D eigenvalue weighted by Gasteiger charge is -2.38. The van der Waals surface area contributed by atoms with E-state index in [1.54, 1.807) is 27.4 Å². The molecule has 33 heavy (non-hydrogen) atoms. The fourth-order valence-corrected chi connectivity index (χ4v) is 3.66. The van der Waals surface area contributed by atoms with E-state index >= 15 is 0 Å². The van der Waals surface area contributed by atoms with Crippen molar-refractivity contribution in [1.82, 2.24) is 20.7 Å². The van der Waals surface area contributed by atoms with Crippen molar-refractivity contribution in [2.45, 2.75) is 32.1 Å². The van der Waals surface area contributed by atoms with Crippen LogP contribution in [0.25, 0.3) is 0 Å². The van der Waals surface area contributed by atoms with E-state index in [2.05, 4.69) is 4.99 Å². The summed E-state index contributed by atoms with van der Waals surface area (Å²) in [6.07, 6.45) is -2.44. The number of benzene rings is 1. The van der Waals surface area contributed by atoms with Gasteiger partial charge in [0.2, 0.25) is 0 Å². The molecule has 1 saturated heterocycles. The second-order valence-electron chi connectivity index (χ2n) is 7.99. The van der Waals surface area contributed by atoms with Crippen molar-refractivity contribution in [2.75, 3.05) is 32.8 Å². The first-order chi connectivity index (χ1) is 15.6. The molecule has 2 unspecified atom stereocenters. The van der Waals surface area contributed by atoms with E-state index in [9.17, 15) is 27.6 Å². The van der Waals surface area contributed by atoms with Crippen molar-refractivity contribution in [1.29, 1.82) is 0 Å². The maximum Gasteiger partial charge on any atom is 0.472 e. The highest BCUT2D eigenvalue weighted by molar-refractivity contribution is 5.95. The highest BCUT2D eigenvalue weighted by Gasteiger charge is 2.39. The number of carbonyl (C=O) groups is 3. The zero-order valence-electron chi connectivity index (χ0n) is 18.1. The fourth-order valence-electron chi connectivity index (χ4n) is 3.66. The Morgan fingerprint density at radius 3 is 2.42 bits per heavy atom. The van der Waals surface area contributed by atoms with Crippen LogP contribution in [0.3, 0.4) is 0 Å². The second kappa shape index (κ2) is 10.6. The molecule has 0 aromatic heterocycles. The predicted molar refractivity (Wildman–Crippen MR) is 112 cm³/mol. The molecule has 2 N–H and O–H groups in total. The van der Waals surface area contributed by atoms with E-state index in [0.717, 1.165) is 12.0 Å². The van der Waals surface area contributed by atoms with Crippen LogP contribution in [0.2, 0.25) is 0 Å². The summed E-state index contributed by atoms with van der Waals surface area (Å²) in [4.78, 5) is 44.0.